The summed E-state index contributed by atoms with van der Waals surface area (Å²) in [5.41, 5.74) is 0. The Morgan fingerprint density at radius 1 is 1.20 bits per heavy atom. The maximum absolute atomic E-state index is 3.20. The zero-order chi connectivity index (χ0) is 11.1. The first-order valence-corrected chi connectivity index (χ1v) is 6.60. The van der Waals surface area contributed by atoms with Crippen molar-refractivity contribution in [1.29, 1.82) is 0 Å². The molecule has 1 atom stereocenters. The molecule has 0 heterocycles. The molecular weight excluding hydrogens is 184 g/mol. The Bertz CT molecular complexity index is 155. The molecule has 2 heteroatoms. The molecule has 1 saturated carbocycles. The lowest BCUT2D eigenvalue weighted by Gasteiger charge is -2.24. The summed E-state index contributed by atoms with van der Waals surface area (Å²) in [6, 6.07) is 0.822. The number of hydrogen-bond donors (Lipinski definition) is 1. The molecule has 0 radical (unpaired) electrons. The Kier molecular flexibility index (Phi) is 6.26. The second-order valence-electron chi connectivity index (χ2n) is 5.08. The van der Waals surface area contributed by atoms with E-state index in [-0.39, 0.29) is 0 Å². The lowest BCUT2D eigenvalue weighted by Crippen LogP contribution is -2.31. The van der Waals surface area contributed by atoms with E-state index in [1.807, 2.05) is 7.05 Å². The average molecular weight is 212 g/mol. The molecule has 1 fully saturated rings. The molecule has 1 unspecified atom stereocenters. The monoisotopic (exact) mass is 212 g/mol. The smallest absolute Gasteiger partial charge is 0.00921 e. The molecule has 0 aliphatic heterocycles. The quantitative estimate of drug-likeness (QED) is 0.591. The van der Waals surface area contributed by atoms with Crippen molar-refractivity contribution < 1.29 is 0 Å². The maximum Gasteiger partial charge on any atom is 0.00921 e. The van der Waals surface area contributed by atoms with E-state index in [1.54, 1.807) is 0 Å². The zero-order valence-corrected chi connectivity index (χ0v) is 10.8. The summed E-state index contributed by atoms with van der Waals surface area (Å²) in [5.74, 6) is 1.01. The summed E-state index contributed by atoms with van der Waals surface area (Å²) in [7, 11) is 4.32. The molecular formula is C13H28N2. The Hall–Kier alpha value is -0.0800. The van der Waals surface area contributed by atoms with E-state index >= 15 is 0 Å². The molecule has 2 nitrogen and oxygen atoms in total. The van der Waals surface area contributed by atoms with E-state index < -0.39 is 0 Å². The standard InChI is InChI=1S/C13H28N2/c1-12(13-8-9-13)15(3)11-7-5-4-6-10-14-2/h12-14H,4-11H2,1-3H3. The van der Waals surface area contributed by atoms with Gasteiger partial charge >= 0.3 is 0 Å². The summed E-state index contributed by atoms with van der Waals surface area (Å²) >= 11 is 0. The van der Waals surface area contributed by atoms with Gasteiger partial charge < -0.3 is 10.2 Å². The van der Waals surface area contributed by atoms with Crippen LogP contribution < -0.4 is 5.32 Å². The normalized spacial score (nSPS) is 18.4. The fourth-order valence-electron chi connectivity index (χ4n) is 2.16. The number of unbranched alkanes of at least 4 members (excludes halogenated alkanes) is 3. The minimum absolute atomic E-state index is 0.822. The van der Waals surface area contributed by atoms with E-state index in [9.17, 15) is 0 Å². The van der Waals surface area contributed by atoms with Crippen LogP contribution in [0.3, 0.4) is 0 Å². The molecule has 15 heavy (non-hydrogen) atoms. The van der Waals surface area contributed by atoms with Crippen molar-refractivity contribution in [3.05, 3.63) is 0 Å². The summed E-state index contributed by atoms with van der Waals surface area (Å²) < 4.78 is 0. The largest absolute Gasteiger partial charge is 0.320 e. The first kappa shape index (κ1) is 13.0. The van der Waals surface area contributed by atoms with Gasteiger partial charge in [-0.1, -0.05) is 12.8 Å². The maximum atomic E-state index is 3.20. The predicted octanol–water partition coefficient (Wildman–Crippen LogP) is 2.50. The highest BCUT2D eigenvalue weighted by Gasteiger charge is 2.29. The number of nitrogens with zero attached hydrogens (tertiary/aromatic N) is 1. The van der Waals surface area contributed by atoms with Crippen LogP contribution in [0.25, 0.3) is 0 Å². The Balaban J connectivity index is 1.89. The predicted molar refractivity (Wildman–Crippen MR) is 67.2 cm³/mol. The second kappa shape index (κ2) is 7.24. The van der Waals surface area contributed by atoms with Crippen LogP contribution in [0.1, 0.15) is 45.4 Å². The van der Waals surface area contributed by atoms with Gasteiger partial charge in [0.2, 0.25) is 0 Å². The summed E-state index contributed by atoms with van der Waals surface area (Å²) in [4.78, 5) is 2.55. The highest BCUT2D eigenvalue weighted by Crippen LogP contribution is 2.34. The molecule has 0 amide bonds. The van der Waals surface area contributed by atoms with Gasteiger partial charge in [0, 0.05) is 6.04 Å². The number of rotatable bonds is 9. The van der Waals surface area contributed by atoms with Crippen molar-refractivity contribution in [3.8, 4) is 0 Å². The van der Waals surface area contributed by atoms with E-state index in [0.29, 0.717) is 0 Å². The van der Waals surface area contributed by atoms with Crippen molar-refractivity contribution in [3.63, 3.8) is 0 Å². The Labute approximate surface area is 95.4 Å². The van der Waals surface area contributed by atoms with Crippen LogP contribution in [0.5, 0.6) is 0 Å². The fraction of sp³-hybridized carbons (Fsp3) is 1.00. The van der Waals surface area contributed by atoms with Crippen molar-refractivity contribution in [1.82, 2.24) is 10.2 Å². The Morgan fingerprint density at radius 3 is 2.47 bits per heavy atom. The average Bonchev–Trinajstić information content (AvgIpc) is 3.05. The van der Waals surface area contributed by atoms with Crippen molar-refractivity contribution in [2.24, 2.45) is 5.92 Å². The van der Waals surface area contributed by atoms with Crippen LogP contribution in [0.2, 0.25) is 0 Å². The Morgan fingerprint density at radius 2 is 1.87 bits per heavy atom. The lowest BCUT2D eigenvalue weighted by molar-refractivity contribution is 0.229. The van der Waals surface area contributed by atoms with Gasteiger partial charge in [0.25, 0.3) is 0 Å². The van der Waals surface area contributed by atoms with Gasteiger partial charge in [-0.25, -0.2) is 0 Å². The third-order valence-electron chi connectivity index (χ3n) is 3.69. The van der Waals surface area contributed by atoms with E-state index in [4.69, 9.17) is 0 Å². The first-order chi connectivity index (χ1) is 7.25. The summed E-state index contributed by atoms with van der Waals surface area (Å²) in [6.45, 7) is 4.85. The van der Waals surface area contributed by atoms with E-state index in [1.165, 1.54) is 51.6 Å². The third kappa shape index (κ3) is 5.53. The fourth-order valence-corrected chi connectivity index (χ4v) is 2.16. The van der Waals surface area contributed by atoms with Crippen molar-refractivity contribution >= 4 is 0 Å². The summed E-state index contributed by atoms with van der Waals surface area (Å²) in [6.07, 6.45) is 8.41. The van der Waals surface area contributed by atoms with Crippen molar-refractivity contribution in [2.45, 2.75) is 51.5 Å². The molecule has 0 aromatic heterocycles. The SMILES string of the molecule is CNCCCCCCN(C)C(C)C1CC1. The minimum Gasteiger partial charge on any atom is -0.320 e. The topological polar surface area (TPSA) is 15.3 Å². The van der Waals surface area contributed by atoms with Crippen molar-refractivity contribution in [2.75, 3.05) is 27.2 Å². The number of nitrogens with one attached hydrogen (secondary N) is 1. The van der Waals surface area contributed by atoms with E-state index in [2.05, 4.69) is 24.2 Å². The van der Waals surface area contributed by atoms with Gasteiger partial charge in [-0.3, -0.25) is 0 Å². The lowest BCUT2D eigenvalue weighted by atomic mass is 10.1. The summed E-state index contributed by atoms with van der Waals surface area (Å²) in [5, 5.41) is 3.20. The molecule has 0 spiro atoms. The molecule has 0 aromatic rings. The minimum atomic E-state index is 0.822. The van der Waals surface area contributed by atoms with Gasteiger partial charge in [-0.15, -0.1) is 0 Å². The third-order valence-corrected chi connectivity index (χ3v) is 3.69. The second-order valence-corrected chi connectivity index (χ2v) is 5.08. The molecule has 1 rings (SSSR count). The molecule has 0 aromatic carbocycles. The van der Waals surface area contributed by atoms with Crippen LogP contribution in [0.4, 0.5) is 0 Å². The molecule has 0 saturated heterocycles. The molecule has 1 aliphatic carbocycles. The molecule has 0 bridgehead atoms. The van der Waals surface area contributed by atoms with Crippen LogP contribution in [0, 0.1) is 5.92 Å². The van der Waals surface area contributed by atoms with Gasteiger partial charge in [0.1, 0.15) is 0 Å². The molecule has 1 N–H and O–H groups in total. The van der Waals surface area contributed by atoms with Gasteiger partial charge in [-0.05, 0) is 65.7 Å². The highest BCUT2D eigenvalue weighted by molar-refractivity contribution is 4.83. The zero-order valence-electron chi connectivity index (χ0n) is 10.8. The van der Waals surface area contributed by atoms with Gasteiger partial charge in [0.05, 0.1) is 0 Å². The van der Waals surface area contributed by atoms with Crippen LogP contribution in [-0.4, -0.2) is 38.1 Å². The van der Waals surface area contributed by atoms with Crippen LogP contribution >= 0.6 is 0 Å². The van der Waals surface area contributed by atoms with E-state index in [0.717, 1.165) is 12.0 Å². The highest BCUT2D eigenvalue weighted by atomic mass is 15.1. The van der Waals surface area contributed by atoms with Gasteiger partial charge in [-0.2, -0.15) is 0 Å². The number of hydrogen-bond acceptors (Lipinski definition) is 2. The van der Waals surface area contributed by atoms with Crippen LogP contribution in [0.15, 0.2) is 0 Å². The van der Waals surface area contributed by atoms with Crippen LogP contribution in [-0.2, 0) is 0 Å². The first-order valence-electron chi connectivity index (χ1n) is 6.60. The molecule has 1 aliphatic rings. The van der Waals surface area contributed by atoms with Gasteiger partial charge in [0.15, 0.2) is 0 Å². The molecule has 90 valence electrons.